The van der Waals surface area contributed by atoms with Crippen LogP contribution in [0, 0.1) is 20.2 Å². The zero-order valence-corrected chi connectivity index (χ0v) is 16.2. The first-order valence-corrected chi connectivity index (χ1v) is 9.08. The van der Waals surface area contributed by atoms with Gasteiger partial charge in [-0.3, -0.25) is 25.0 Å². The number of benzene rings is 3. The second-order valence-corrected chi connectivity index (χ2v) is 6.71. The lowest BCUT2D eigenvalue weighted by molar-refractivity contribution is -0.392. The van der Waals surface area contributed by atoms with E-state index in [2.05, 4.69) is 15.6 Å². The lowest BCUT2D eigenvalue weighted by Crippen LogP contribution is -2.15. The number of fused-ring (bicyclic) bond motifs is 1. The molecule has 0 fully saturated rings. The van der Waals surface area contributed by atoms with Crippen molar-refractivity contribution in [1.82, 2.24) is 15.0 Å². The van der Waals surface area contributed by atoms with E-state index in [0.717, 1.165) is 16.8 Å². The first kappa shape index (κ1) is 19.9. The Morgan fingerprint density at radius 2 is 1.58 bits per heavy atom. The quantitative estimate of drug-likeness (QED) is 0.357. The van der Waals surface area contributed by atoms with Crippen molar-refractivity contribution in [1.29, 1.82) is 0 Å². The minimum absolute atomic E-state index is 0.209. The van der Waals surface area contributed by atoms with Crippen molar-refractivity contribution in [3.8, 4) is 0 Å². The molecule has 4 aromatic rings. The molecule has 0 atom stereocenters. The number of nitro benzene ring substituents is 2. The maximum absolute atomic E-state index is 13.0. The lowest BCUT2D eigenvalue weighted by atomic mass is 10.1. The van der Waals surface area contributed by atoms with Gasteiger partial charge in [-0.25, -0.2) is 0 Å². The van der Waals surface area contributed by atoms with Crippen molar-refractivity contribution < 1.29 is 14.6 Å². The number of aromatic nitrogens is 3. The van der Waals surface area contributed by atoms with E-state index in [1.807, 2.05) is 0 Å². The van der Waals surface area contributed by atoms with Crippen molar-refractivity contribution in [3.63, 3.8) is 0 Å². The fourth-order valence-electron chi connectivity index (χ4n) is 2.99. The van der Waals surface area contributed by atoms with E-state index in [4.69, 9.17) is 11.6 Å². The fourth-order valence-corrected chi connectivity index (χ4v) is 3.17. The number of para-hydroxylation sites is 2. The molecule has 0 radical (unpaired) electrons. The summed E-state index contributed by atoms with van der Waals surface area (Å²) in [5, 5.41) is 33.9. The highest BCUT2D eigenvalue weighted by molar-refractivity contribution is 6.33. The predicted octanol–water partition coefficient (Wildman–Crippen LogP) is 4.33. The number of nitro groups is 2. The highest BCUT2D eigenvalue weighted by atomic mass is 35.5. The molecule has 154 valence electrons. The van der Waals surface area contributed by atoms with E-state index < -0.39 is 32.8 Å². The van der Waals surface area contributed by atoms with E-state index in [9.17, 15) is 25.0 Å². The zero-order chi connectivity index (χ0) is 22.1. The smallest absolute Gasteiger partial charge is 0.300 e. The Morgan fingerprint density at radius 3 is 2.23 bits per heavy atom. The standard InChI is InChI=1S/C19H11ClN6O5/c20-12-5-1-2-6-13(12)21-18-16(25(28)29)9-11(10-17(18)26(30)31)19(27)24-15-8-4-3-7-14(15)22-23-24/h1-10,21H. The summed E-state index contributed by atoms with van der Waals surface area (Å²) >= 11 is 6.07. The van der Waals surface area contributed by atoms with Gasteiger partial charge in [0.05, 0.1) is 31.6 Å². The number of hydrogen-bond donors (Lipinski definition) is 1. The third kappa shape index (κ3) is 3.65. The third-order valence-corrected chi connectivity index (χ3v) is 4.74. The number of hydrogen-bond acceptors (Lipinski definition) is 8. The molecule has 1 aromatic heterocycles. The molecule has 1 N–H and O–H groups in total. The Morgan fingerprint density at radius 1 is 0.968 bits per heavy atom. The molecule has 0 amide bonds. The second kappa shape index (κ2) is 7.80. The molecule has 1 heterocycles. The van der Waals surface area contributed by atoms with Crippen molar-refractivity contribution in [2.24, 2.45) is 0 Å². The highest BCUT2D eigenvalue weighted by Crippen LogP contribution is 2.39. The first-order valence-electron chi connectivity index (χ1n) is 8.70. The Labute approximate surface area is 178 Å². The van der Waals surface area contributed by atoms with E-state index in [0.29, 0.717) is 11.0 Å². The second-order valence-electron chi connectivity index (χ2n) is 6.30. The number of anilines is 2. The molecule has 0 spiro atoms. The van der Waals surface area contributed by atoms with Gasteiger partial charge in [0.1, 0.15) is 5.52 Å². The van der Waals surface area contributed by atoms with Gasteiger partial charge >= 0.3 is 11.4 Å². The highest BCUT2D eigenvalue weighted by Gasteiger charge is 2.30. The molecule has 12 heteroatoms. The minimum Gasteiger partial charge on any atom is -0.343 e. The van der Waals surface area contributed by atoms with Crippen molar-refractivity contribution in [3.05, 3.63) is 91.5 Å². The van der Waals surface area contributed by atoms with Crippen molar-refractivity contribution in [2.45, 2.75) is 0 Å². The van der Waals surface area contributed by atoms with Crippen LogP contribution in [0.2, 0.25) is 5.02 Å². The van der Waals surface area contributed by atoms with Gasteiger partial charge in [0, 0.05) is 12.1 Å². The van der Waals surface area contributed by atoms with Gasteiger partial charge in [0.15, 0.2) is 5.69 Å². The molecule has 0 saturated heterocycles. The largest absolute Gasteiger partial charge is 0.343 e. The van der Waals surface area contributed by atoms with Gasteiger partial charge in [0.25, 0.3) is 5.91 Å². The van der Waals surface area contributed by atoms with Gasteiger partial charge in [0.2, 0.25) is 0 Å². The van der Waals surface area contributed by atoms with Crippen LogP contribution in [0.3, 0.4) is 0 Å². The zero-order valence-electron chi connectivity index (χ0n) is 15.4. The summed E-state index contributed by atoms with van der Waals surface area (Å²) in [6.07, 6.45) is 0. The number of carbonyl (C=O) groups excluding carboxylic acids is 1. The molecular formula is C19H11ClN6O5. The van der Waals surface area contributed by atoms with Gasteiger partial charge in [-0.2, -0.15) is 4.68 Å². The van der Waals surface area contributed by atoms with Gasteiger partial charge in [-0.15, -0.1) is 5.10 Å². The van der Waals surface area contributed by atoms with Crippen LogP contribution in [0.25, 0.3) is 11.0 Å². The Kier molecular flexibility index (Phi) is 5.01. The monoisotopic (exact) mass is 438 g/mol. The topological polar surface area (TPSA) is 146 Å². The third-order valence-electron chi connectivity index (χ3n) is 4.41. The summed E-state index contributed by atoms with van der Waals surface area (Å²) in [4.78, 5) is 34.8. The Hall–Kier alpha value is -4.38. The summed E-state index contributed by atoms with van der Waals surface area (Å²) in [5.74, 6) is -0.802. The molecule has 11 nitrogen and oxygen atoms in total. The van der Waals surface area contributed by atoms with Crippen LogP contribution in [0.4, 0.5) is 22.7 Å². The molecule has 0 unspecified atom stereocenters. The summed E-state index contributed by atoms with van der Waals surface area (Å²) in [6, 6.07) is 14.8. The molecule has 0 aliphatic heterocycles. The van der Waals surface area contributed by atoms with Crippen LogP contribution in [0.5, 0.6) is 0 Å². The minimum atomic E-state index is -0.817. The molecule has 0 aliphatic carbocycles. The van der Waals surface area contributed by atoms with Crippen LogP contribution in [-0.4, -0.2) is 30.7 Å². The average molecular weight is 439 g/mol. The number of rotatable bonds is 5. The van der Waals surface area contributed by atoms with E-state index in [1.165, 1.54) is 12.1 Å². The summed E-state index contributed by atoms with van der Waals surface area (Å²) in [5.41, 5.74) is -1.00. The van der Waals surface area contributed by atoms with Crippen LogP contribution in [0.1, 0.15) is 10.4 Å². The number of nitrogens with zero attached hydrogens (tertiary/aromatic N) is 5. The maximum atomic E-state index is 13.0. The van der Waals surface area contributed by atoms with Crippen molar-refractivity contribution >= 4 is 51.3 Å². The average Bonchev–Trinajstić information content (AvgIpc) is 3.18. The van der Waals surface area contributed by atoms with E-state index in [1.54, 1.807) is 36.4 Å². The number of carbonyl (C=O) groups is 1. The summed E-state index contributed by atoms with van der Waals surface area (Å²) in [7, 11) is 0. The molecule has 0 saturated carbocycles. The molecular weight excluding hydrogens is 428 g/mol. The Bertz CT molecular complexity index is 1330. The predicted molar refractivity (Wildman–Crippen MR) is 112 cm³/mol. The molecule has 31 heavy (non-hydrogen) atoms. The van der Waals surface area contributed by atoms with Crippen LogP contribution in [0.15, 0.2) is 60.7 Å². The van der Waals surface area contributed by atoms with Gasteiger partial charge in [-0.05, 0) is 24.3 Å². The summed E-state index contributed by atoms with van der Waals surface area (Å²) in [6.45, 7) is 0. The number of halogens is 1. The van der Waals surface area contributed by atoms with Gasteiger partial charge < -0.3 is 5.32 Å². The van der Waals surface area contributed by atoms with E-state index >= 15 is 0 Å². The van der Waals surface area contributed by atoms with E-state index in [-0.39, 0.29) is 16.3 Å². The first-order chi connectivity index (χ1) is 14.9. The van der Waals surface area contributed by atoms with Crippen LogP contribution >= 0.6 is 11.6 Å². The number of nitrogens with one attached hydrogen (secondary N) is 1. The van der Waals surface area contributed by atoms with Crippen molar-refractivity contribution in [2.75, 3.05) is 5.32 Å². The van der Waals surface area contributed by atoms with Gasteiger partial charge in [-0.1, -0.05) is 41.1 Å². The SMILES string of the molecule is O=C(c1cc([N+](=O)[O-])c(Nc2ccccc2Cl)c([N+](=O)[O-])c1)n1nnc2ccccc21. The molecule has 4 rings (SSSR count). The molecule has 0 aliphatic rings. The molecule has 0 bridgehead atoms. The lowest BCUT2D eigenvalue weighted by Gasteiger charge is -2.11. The maximum Gasteiger partial charge on any atom is 0.300 e. The molecule has 3 aromatic carbocycles. The summed E-state index contributed by atoms with van der Waals surface area (Å²) < 4.78 is 0.930. The fraction of sp³-hybridized carbons (Fsp3) is 0. The normalized spacial score (nSPS) is 10.7. The Balaban J connectivity index is 1.87. The van der Waals surface area contributed by atoms with Crippen LogP contribution < -0.4 is 5.32 Å². The van der Waals surface area contributed by atoms with Crippen LogP contribution in [-0.2, 0) is 0 Å².